The summed E-state index contributed by atoms with van der Waals surface area (Å²) in [6.07, 6.45) is 0. The van der Waals surface area contributed by atoms with Gasteiger partial charge in [-0.25, -0.2) is 8.42 Å². The minimum absolute atomic E-state index is 0.105. The number of sulfone groups is 1. The number of rotatable bonds is 6. The minimum atomic E-state index is -3.12. The number of morpholine rings is 1. The van der Waals surface area contributed by atoms with Crippen LogP contribution in [0.1, 0.15) is 17.2 Å². The Kier molecular flexibility index (Phi) is 5.66. The molecule has 1 aliphatic rings. The second-order valence-electron chi connectivity index (χ2n) is 6.11. The van der Waals surface area contributed by atoms with Crippen molar-refractivity contribution < 1.29 is 13.2 Å². The average molecular weight is 345 g/mol. The molecule has 1 atom stereocenters. The standard InChI is InChI=1S/C19H23NO3S/c21-24(22,16-17-7-3-1-4-8-17)14-12-20-11-13-23-15-19(20)18-9-5-2-6-10-18/h1-10,19H,11-16H2/t19-/m0/s1. The smallest absolute Gasteiger partial charge is 0.155 e. The number of hydrogen-bond acceptors (Lipinski definition) is 4. The zero-order valence-corrected chi connectivity index (χ0v) is 14.5. The third-order valence-electron chi connectivity index (χ3n) is 4.34. The molecule has 0 amide bonds. The van der Waals surface area contributed by atoms with Gasteiger partial charge in [-0.3, -0.25) is 4.90 Å². The topological polar surface area (TPSA) is 46.6 Å². The lowest BCUT2D eigenvalue weighted by atomic mass is 10.1. The molecule has 0 spiro atoms. The molecule has 2 aromatic rings. The molecular formula is C19H23NO3S. The Hall–Kier alpha value is -1.69. The molecule has 128 valence electrons. The molecule has 0 saturated carbocycles. The minimum Gasteiger partial charge on any atom is -0.378 e. The van der Waals surface area contributed by atoms with Crippen molar-refractivity contribution in [3.05, 3.63) is 71.8 Å². The Morgan fingerprint density at radius 1 is 1.00 bits per heavy atom. The monoisotopic (exact) mass is 345 g/mol. The Morgan fingerprint density at radius 3 is 2.38 bits per heavy atom. The van der Waals surface area contributed by atoms with E-state index in [2.05, 4.69) is 17.0 Å². The molecular weight excluding hydrogens is 322 g/mol. The Morgan fingerprint density at radius 2 is 1.67 bits per heavy atom. The summed E-state index contributed by atoms with van der Waals surface area (Å²) in [4.78, 5) is 2.22. The van der Waals surface area contributed by atoms with Crippen LogP contribution in [-0.4, -0.2) is 45.4 Å². The lowest BCUT2D eigenvalue weighted by Crippen LogP contribution is -2.42. The lowest BCUT2D eigenvalue weighted by Gasteiger charge is -2.35. The van der Waals surface area contributed by atoms with Crippen LogP contribution >= 0.6 is 0 Å². The molecule has 24 heavy (non-hydrogen) atoms. The van der Waals surface area contributed by atoms with E-state index in [1.54, 1.807) is 0 Å². The Bertz CT molecular complexity index is 732. The van der Waals surface area contributed by atoms with E-state index < -0.39 is 9.84 Å². The van der Waals surface area contributed by atoms with Crippen molar-refractivity contribution in [3.63, 3.8) is 0 Å². The molecule has 1 aliphatic heterocycles. The second-order valence-corrected chi connectivity index (χ2v) is 8.30. The van der Waals surface area contributed by atoms with E-state index >= 15 is 0 Å². The number of nitrogens with zero attached hydrogens (tertiary/aromatic N) is 1. The molecule has 0 unspecified atom stereocenters. The molecule has 0 bridgehead atoms. The van der Waals surface area contributed by atoms with Crippen LogP contribution in [0.4, 0.5) is 0 Å². The molecule has 3 rings (SSSR count). The van der Waals surface area contributed by atoms with Crippen molar-refractivity contribution >= 4 is 9.84 Å². The van der Waals surface area contributed by atoms with Crippen LogP contribution in [0, 0.1) is 0 Å². The van der Waals surface area contributed by atoms with Gasteiger partial charge in [-0.2, -0.15) is 0 Å². The van der Waals surface area contributed by atoms with Gasteiger partial charge >= 0.3 is 0 Å². The summed E-state index contributed by atoms with van der Waals surface area (Å²) in [6, 6.07) is 19.6. The summed E-state index contributed by atoms with van der Waals surface area (Å²) in [5.74, 6) is 0.277. The second kappa shape index (κ2) is 7.92. The van der Waals surface area contributed by atoms with Crippen LogP contribution in [0.5, 0.6) is 0 Å². The van der Waals surface area contributed by atoms with Gasteiger partial charge in [0, 0.05) is 13.1 Å². The summed E-state index contributed by atoms with van der Waals surface area (Å²) in [6.45, 7) is 2.57. The van der Waals surface area contributed by atoms with Gasteiger partial charge in [0.05, 0.1) is 30.8 Å². The van der Waals surface area contributed by atoms with Gasteiger partial charge in [0.15, 0.2) is 9.84 Å². The van der Waals surface area contributed by atoms with Crippen molar-refractivity contribution in [1.29, 1.82) is 0 Å². The fourth-order valence-corrected chi connectivity index (χ4v) is 4.40. The van der Waals surface area contributed by atoms with Crippen LogP contribution in [-0.2, 0) is 20.3 Å². The first-order valence-electron chi connectivity index (χ1n) is 8.25. The Labute approximate surface area is 144 Å². The number of ether oxygens (including phenoxy) is 1. The van der Waals surface area contributed by atoms with Crippen molar-refractivity contribution in [1.82, 2.24) is 4.90 Å². The normalized spacial score (nSPS) is 19.2. The maximum Gasteiger partial charge on any atom is 0.155 e. The Balaban J connectivity index is 1.63. The van der Waals surface area contributed by atoms with E-state index in [1.807, 2.05) is 48.5 Å². The van der Waals surface area contributed by atoms with Gasteiger partial charge < -0.3 is 4.74 Å². The first-order valence-corrected chi connectivity index (χ1v) is 10.1. The highest BCUT2D eigenvalue weighted by Gasteiger charge is 2.25. The first kappa shape index (κ1) is 17.1. The van der Waals surface area contributed by atoms with Crippen LogP contribution in [0.2, 0.25) is 0 Å². The van der Waals surface area contributed by atoms with Gasteiger partial charge in [0.1, 0.15) is 0 Å². The maximum absolute atomic E-state index is 12.4. The molecule has 0 N–H and O–H groups in total. The average Bonchev–Trinajstić information content (AvgIpc) is 2.62. The lowest BCUT2D eigenvalue weighted by molar-refractivity contribution is -0.00538. The van der Waals surface area contributed by atoms with Crippen molar-refractivity contribution in [2.75, 3.05) is 32.1 Å². The SMILES string of the molecule is O=S(=O)(CCN1CCOC[C@H]1c1ccccc1)Cc1ccccc1. The van der Waals surface area contributed by atoms with Crippen LogP contribution in [0.25, 0.3) is 0 Å². The van der Waals surface area contributed by atoms with Crippen LogP contribution in [0.3, 0.4) is 0 Å². The van der Waals surface area contributed by atoms with E-state index in [0.29, 0.717) is 19.8 Å². The third-order valence-corrected chi connectivity index (χ3v) is 5.92. The molecule has 1 heterocycles. The predicted molar refractivity (Wildman–Crippen MR) is 95.5 cm³/mol. The fourth-order valence-electron chi connectivity index (χ4n) is 3.04. The molecule has 5 heteroatoms. The highest BCUT2D eigenvalue weighted by atomic mass is 32.2. The van der Waals surface area contributed by atoms with E-state index in [9.17, 15) is 8.42 Å². The van der Waals surface area contributed by atoms with Gasteiger partial charge in [0.2, 0.25) is 0 Å². The summed E-state index contributed by atoms with van der Waals surface area (Å²) in [7, 11) is -3.12. The number of benzene rings is 2. The van der Waals surface area contributed by atoms with E-state index in [0.717, 1.165) is 12.1 Å². The molecule has 4 nitrogen and oxygen atoms in total. The molecule has 0 aromatic heterocycles. The zero-order chi connectivity index (χ0) is 16.8. The summed E-state index contributed by atoms with van der Waals surface area (Å²) < 4.78 is 30.5. The van der Waals surface area contributed by atoms with E-state index in [-0.39, 0.29) is 17.5 Å². The van der Waals surface area contributed by atoms with Gasteiger partial charge in [-0.15, -0.1) is 0 Å². The molecule has 0 radical (unpaired) electrons. The van der Waals surface area contributed by atoms with Gasteiger partial charge in [0.25, 0.3) is 0 Å². The van der Waals surface area contributed by atoms with Crippen LogP contribution < -0.4 is 0 Å². The molecule has 1 fully saturated rings. The molecule has 0 aliphatic carbocycles. The van der Waals surface area contributed by atoms with Crippen molar-refractivity contribution in [3.8, 4) is 0 Å². The summed E-state index contributed by atoms with van der Waals surface area (Å²) >= 11 is 0. The van der Waals surface area contributed by atoms with E-state index in [4.69, 9.17) is 4.74 Å². The van der Waals surface area contributed by atoms with E-state index in [1.165, 1.54) is 5.56 Å². The van der Waals surface area contributed by atoms with Crippen LogP contribution in [0.15, 0.2) is 60.7 Å². The number of hydrogen-bond donors (Lipinski definition) is 0. The highest BCUT2D eigenvalue weighted by Crippen LogP contribution is 2.24. The van der Waals surface area contributed by atoms with Crippen molar-refractivity contribution in [2.45, 2.75) is 11.8 Å². The quantitative estimate of drug-likeness (QED) is 0.808. The predicted octanol–water partition coefficient (Wildman–Crippen LogP) is 2.67. The van der Waals surface area contributed by atoms with Crippen molar-refractivity contribution in [2.24, 2.45) is 0 Å². The first-order chi connectivity index (χ1) is 11.6. The maximum atomic E-state index is 12.4. The third kappa shape index (κ3) is 4.66. The molecule has 1 saturated heterocycles. The fraction of sp³-hybridized carbons (Fsp3) is 0.368. The zero-order valence-electron chi connectivity index (χ0n) is 13.7. The summed E-state index contributed by atoms with van der Waals surface area (Å²) in [5.41, 5.74) is 2.02. The van der Waals surface area contributed by atoms with Gasteiger partial charge in [-0.05, 0) is 11.1 Å². The largest absolute Gasteiger partial charge is 0.378 e. The van der Waals surface area contributed by atoms with Gasteiger partial charge in [-0.1, -0.05) is 60.7 Å². The summed E-state index contributed by atoms with van der Waals surface area (Å²) in [5, 5.41) is 0. The molecule has 2 aromatic carbocycles. The highest BCUT2D eigenvalue weighted by molar-refractivity contribution is 7.90.